The second-order valence-corrected chi connectivity index (χ2v) is 11.6. The molecule has 1 unspecified atom stereocenters. The molecule has 0 amide bonds. The second-order valence-electron chi connectivity index (χ2n) is 11.6. The van der Waals surface area contributed by atoms with Crippen LogP contribution in [0.4, 0.5) is 5.69 Å². The lowest BCUT2D eigenvalue weighted by atomic mass is 9.85. The van der Waals surface area contributed by atoms with E-state index in [1.165, 1.54) is 81.2 Å². The number of hydrogen-bond acceptors (Lipinski definition) is 3. The van der Waals surface area contributed by atoms with Gasteiger partial charge in [0.15, 0.2) is 0 Å². The molecule has 0 bridgehead atoms. The van der Waals surface area contributed by atoms with E-state index in [0.29, 0.717) is 18.0 Å². The van der Waals surface area contributed by atoms with Crippen molar-refractivity contribution in [3.63, 3.8) is 0 Å². The lowest BCUT2D eigenvalue weighted by molar-refractivity contribution is 0.188. The zero-order chi connectivity index (χ0) is 23.6. The summed E-state index contributed by atoms with van der Waals surface area (Å²) in [5, 5.41) is 0. The van der Waals surface area contributed by atoms with Gasteiger partial charge in [-0.15, -0.1) is 0 Å². The average molecular weight is 454 g/mol. The Balaban J connectivity index is 1.62. The van der Waals surface area contributed by atoms with Crippen molar-refractivity contribution in [3.8, 4) is 0 Å². The molecule has 0 aromatic heterocycles. The molecule has 1 aromatic carbocycles. The molecule has 0 radical (unpaired) electrons. The van der Waals surface area contributed by atoms with Crippen LogP contribution >= 0.6 is 0 Å². The molecular formula is C30H51N3. The highest BCUT2D eigenvalue weighted by Gasteiger charge is 2.26. The summed E-state index contributed by atoms with van der Waals surface area (Å²) in [6.07, 6.45) is 15.9. The SMILES string of the molecule is CC(C)=CCN(c1ccc(CCC2CCCCC2)cc1)[C@H]1CCCN(CC(N)CC(C)C)C1. The van der Waals surface area contributed by atoms with E-state index in [-0.39, 0.29) is 0 Å². The first-order chi connectivity index (χ1) is 15.9. The molecule has 0 spiro atoms. The number of aryl methyl sites for hydroxylation is 1. The Morgan fingerprint density at radius 3 is 2.45 bits per heavy atom. The first-order valence-corrected chi connectivity index (χ1v) is 13.9. The van der Waals surface area contributed by atoms with Crippen molar-refractivity contribution in [2.24, 2.45) is 17.6 Å². The molecule has 1 aliphatic carbocycles. The van der Waals surface area contributed by atoms with Gasteiger partial charge in [0.2, 0.25) is 0 Å². The third-order valence-electron chi connectivity index (χ3n) is 7.72. The van der Waals surface area contributed by atoms with E-state index in [4.69, 9.17) is 5.73 Å². The fourth-order valence-corrected chi connectivity index (χ4v) is 5.91. The van der Waals surface area contributed by atoms with E-state index in [2.05, 4.69) is 67.8 Å². The van der Waals surface area contributed by atoms with Crippen molar-refractivity contribution in [2.75, 3.05) is 31.1 Å². The molecule has 2 aliphatic rings. The molecule has 186 valence electrons. The van der Waals surface area contributed by atoms with Crippen LogP contribution in [0.5, 0.6) is 0 Å². The van der Waals surface area contributed by atoms with Gasteiger partial charge < -0.3 is 10.6 Å². The van der Waals surface area contributed by atoms with Crippen molar-refractivity contribution in [1.29, 1.82) is 0 Å². The van der Waals surface area contributed by atoms with Crippen molar-refractivity contribution in [2.45, 2.75) is 104 Å². The Labute approximate surface area is 204 Å². The summed E-state index contributed by atoms with van der Waals surface area (Å²) in [5.41, 5.74) is 10.8. The Morgan fingerprint density at radius 2 is 1.79 bits per heavy atom. The molecule has 3 rings (SSSR count). The minimum atomic E-state index is 0.290. The van der Waals surface area contributed by atoms with Crippen molar-refractivity contribution in [1.82, 2.24) is 4.90 Å². The van der Waals surface area contributed by atoms with Gasteiger partial charge in [0.1, 0.15) is 0 Å². The number of nitrogens with two attached hydrogens (primary N) is 1. The number of likely N-dealkylation sites (tertiary alicyclic amines) is 1. The van der Waals surface area contributed by atoms with E-state index < -0.39 is 0 Å². The maximum atomic E-state index is 6.47. The highest BCUT2D eigenvalue weighted by Crippen LogP contribution is 2.29. The lowest BCUT2D eigenvalue weighted by Crippen LogP contribution is -2.51. The van der Waals surface area contributed by atoms with Gasteiger partial charge in [-0.25, -0.2) is 0 Å². The van der Waals surface area contributed by atoms with Crippen molar-refractivity contribution in [3.05, 3.63) is 41.5 Å². The molecule has 2 atom stereocenters. The molecular weight excluding hydrogens is 402 g/mol. The zero-order valence-electron chi connectivity index (χ0n) is 22.1. The van der Waals surface area contributed by atoms with E-state index in [0.717, 1.165) is 32.0 Å². The van der Waals surface area contributed by atoms with Crippen LogP contribution < -0.4 is 10.6 Å². The molecule has 1 saturated heterocycles. The van der Waals surface area contributed by atoms with Gasteiger partial charge >= 0.3 is 0 Å². The van der Waals surface area contributed by atoms with Gasteiger partial charge in [-0.1, -0.05) is 69.7 Å². The summed E-state index contributed by atoms with van der Waals surface area (Å²) >= 11 is 0. The third-order valence-corrected chi connectivity index (χ3v) is 7.72. The highest BCUT2D eigenvalue weighted by atomic mass is 15.2. The number of allylic oxidation sites excluding steroid dienone is 1. The number of hydrogen-bond donors (Lipinski definition) is 1. The average Bonchev–Trinajstić information content (AvgIpc) is 2.79. The predicted octanol–water partition coefficient (Wildman–Crippen LogP) is 6.81. The molecule has 2 N–H and O–H groups in total. The Morgan fingerprint density at radius 1 is 1.06 bits per heavy atom. The van der Waals surface area contributed by atoms with Crippen LogP contribution in [0, 0.1) is 11.8 Å². The van der Waals surface area contributed by atoms with Crippen LogP contribution in [-0.4, -0.2) is 43.2 Å². The summed E-state index contributed by atoms with van der Waals surface area (Å²) < 4.78 is 0. The number of nitrogens with zero attached hydrogens (tertiary/aromatic N) is 2. The number of rotatable bonds is 11. The van der Waals surface area contributed by atoms with E-state index >= 15 is 0 Å². The van der Waals surface area contributed by atoms with Gasteiger partial charge in [0, 0.05) is 37.4 Å². The van der Waals surface area contributed by atoms with Gasteiger partial charge in [-0.05, 0) is 82.0 Å². The fourth-order valence-electron chi connectivity index (χ4n) is 5.91. The predicted molar refractivity (Wildman–Crippen MR) is 145 cm³/mol. The van der Waals surface area contributed by atoms with E-state index in [1.54, 1.807) is 0 Å². The summed E-state index contributed by atoms with van der Waals surface area (Å²) in [6, 6.07) is 10.4. The molecule has 1 heterocycles. The van der Waals surface area contributed by atoms with Crippen LogP contribution in [0.3, 0.4) is 0 Å². The largest absolute Gasteiger partial charge is 0.364 e. The van der Waals surface area contributed by atoms with Crippen LogP contribution in [0.2, 0.25) is 0 Å². The Kier molecular flexibility index (Phi) is 10.8. The van der Waals surface area contributed by atoms with Gasteiger partial charge in [0.05, 0.1) is 0 Å². The maximum Gasteiger partial charge on any atom is 0.0421 e. The van der Waals surface area contributed by atoms with Crippen molar-refractivity contribution >= 4 is 5.69 Å². The quantitative estimate of drug-likeness (QED) is 0.374. The molecule has 1 aliphatic heterocycles. The smallest absolute Gasteiger partial charge is 0.0421 e. The fraction of sp³-hybridized carbons (Fsp3) is 0.733. The molecule has 1 aromatic rings. The van der Waals surface area contributed by atoms with E-state index in [1.807, 2.05) is 0 Å². The number of benzene rings is 1. The maximum absolute atomic E-state index is 6.47. The molecule has 1 saturated carbocycles. The van der Waals surface area contributed by atoms with Gasteiger partial charge in [0.25, 0.3) is 0 Å². The molecule has 3 heteroatoms. The van der Waals surface area contributed by atoms with E-state index in [9.17, 15) is 0 Å². The standard InChI is InChI=1S/C30H51N3/c1-24(2)18-20-33(30-11-8-19-32(23-30)22-28(31)21-25(3)4)29-16-14-27(15-17-29)13-12-26-9-6-5-7-10-26/h14-18,25-26,28,30H,5-13,19-23,31H2,1-4H3/t28?,30-/m0/s1. The first-order valence-electron chi connectivity index (χ1n) is 13.9. The summed E-state index contributed by atoms with van der Waals surface area (Å²) in [4.78, 5) is 5.27. The monoisotopic (exact) mass is 453 g/mol. The minimum absolute atomic E-state index is 0.290. The topological polar surface area (TPSA) is 32.5 Å². The van der Waals surface area contributed by atoms with Crippen LogP contribution in [-0.2, 0) is 6.42 Å². The Hall–Kier alpha value is -1.32. The highest BCUT2D eigenvalue weighted by molar-refractivity contribution is 5.49. The molecule has 3 nitrogen and oxygen atoms in total. The minimum Gasteiger partial charge on any atom is -0.364 e. The summed E-state index contributed by atoms with van der Waals surface area (Å²) in [5.74, 6) is 1.63. The molecule has 2 fully saturated rings. The zero-order valence-corrected chi connectivity index (χ0v) is 22.1. The molecule has 33 heavy (non-hydrogen) atoms. The number of piperidine rings is 1. The first kappa shape index (κ1) is 26.3. The second kappa shape index (κ2) is 13.5. The number of anilines is 1. The Bertz CT molecular complexity index is 698. The van der Waals surface area contributed by atoms with Crippen LogP contribution in [0.15, 0.2) is 35.9 Å². The third kappa shape index (κ3) is 9.09. The normalized spacial score (nSPS) is 21.2. The van der Waals surface area contributed by atoms with Crippen molar-refractivity contribution < 1.29 is 0 Å². The van der Waals surface area contributed by atoms with Crippen LogP contribution in [0.1, 0.15) is 91.0 Å². The summed E-state index contributed by atoms with van der Waals surface area (Å²) in [6.45, 7) is 13.3. The van der Waals surface area contributed by atoms with Gasteiger partial charge in [-0.3, -0.25) is 4.90 Å². The van der Waals surface area contributed by atoms with Crippen LogP contribution in [0.25, 0.3) is 0 Å². The summed E-state index contributed by atoms with van der Waals surface area (Å²) in [7, 11) is 0. The van der Waals surface area contributed by atoms with Gasteiger partial charge in [-0.2, -0.15) is 0 Å². The lowest BCUT2D eigenvalue weighted by Gasteiger charge is -2.41.